The summed E-state index contributed by atoms with van der Waals surface area (Å²) in [5.74, 6) is -1.27. The second kappa shape index (κ2) is 10.5. The maximum absolute atomic E-state index is 13.4. The highest BCUT2D eigenvalue weighted by molar-refractivity contribution is 6.46. The lowest BCUT2D eigenvalue weighted by Gasteiger charge is -2.26. The largest absolute Gasteiger partial charge is 0.507 e. The molecule has 3 aromatic carbocycles. The summed E-state index contributed by atoms with van der Waals surface area (Å²) in [5.41, 5.74) is 4.34. The van der Waals surface area contributed by atoms with Crippen molar-refractivity contribution in [2.45, 2.75) is 39.3 Å². The fourth-order valence-corrected chi connectivity index (χ4v) is 4.94. The van der Waals surface area contributed by atoms with E-state index in [1.54, 1.807) is 36.4 Å². The average molecular weight is 512 g/mol. The van der Waals surface area contributed by atoms with Gasteiger partial charge in [0, 0.05) is 18.5 Å². The molecule has 1 N–H and O–H groups in total. The zero-order valence-corrected chi connectivity index (χ0v) is 21.4. The number of hydrogen-bond donors (Lipinski definition) is 1. The molecular formula is C31H29NO6. The van der Waals surface area contributed by atoms with Crippen molar-refractivity contribution < 1.29 is 29.0 Å². The van der Waals surface area contributed by atoms with E-state index in [1.165, 1.54) is 4.90 Å². The summed E-state index contributed by atoms with van der Waals surface area (Å²) in [6.45, 7) is 4.91. The number of Topliss-reactive ketones (excluding diaryl/α,β-unsaturated/α-hetero) is 1. The van der Waals surface area contributed by atoms with Crippen LogP contribution in [0.3, 0.4) is 0 Å². The average Bonchev–Trinajstić information content (AvgIpc) is 3.49. The molecule has 7 heteroatoms. The second-order valence-electron chi connectivity index (χ2n) is 9.59. The molecule has 194 valence electrons. The lowest BCUT2D eigenvalue weighted by atomic mass is 9.93. The first-order valence-corrected chi connectivity index (χ1v) is 12.7. The minimum absolute atomic E-state index is 0.0548. The lowest BCUT2D eigenvalue weighted by Crippen LogP contribution is -2.29. The molecule has 0 saturated carbocycles. The predicted octanol–water partition coefficient (Wildman–Crippen LogP) is 5.12. The van der Waals surface area contributed by atoms with Gasteiger partial charge in [-0.05, 0) is 60.4 Å². The lowest BCUT2D eigenvalue weighted by molar-refractivity contribution is -0.140. The van der Waals surface area contributed by atoms with E-state index in [-0.39, 0.29) is 17.9 Å². The number of amides is 1. The summed E-state index contributed by atoms with van der Waals surface area (Å²) in [5, 5.41) is 11.4. The topological polar surface area (TPSA) is 93.1 Å². The van der Waals surface area contributed by atoms with Crippen LogP contribution in [-0.2, 0) is 27.3 Å². The molecule has 2 heterocycles. The van der Waals surface area contributed by atoms with Crippen LogP contribution in [0, 0.1) is 6.92 Å². The highest BCUT2D eigenvalue weighted by Gasteiger charge is 2.46. The summed E-state index contributed by atoms with van der Waals surface area (Å²) in [6.07, 6.45) is 1.45. The Kier molecular flexibility index (Phi) is 7.01. The number of benzene rings is 3. The standard InChI is InChI=1S/C31H29NO6/c1-3-14-38-31(36)21-9-7-20(8-10-21)18-32-27(23-6-4-5-19(2)16-23)26(29(34)30(32)35)28(33)24-11-12-25-22(17-24)13-15-37-25/h4-12,16-17,27,33H,3,13-15,18H2,1-2H3/b28-26-. The molecule has 1 unspecified atom stereocenters. The van der Waals surface area contributed by atoms with Gasteiger partial charge in [-0.3, -0.25) is 9.59 Å². The molecule has 7 nitrogen and oxygen atoms in total. The number of rotatable bonds is 7. The molecule has 5 rings (SSSR count). The van der Waals surface area contributed by atoms with Crippen molar-refractivity contribution in [2.24, 2.45) is 0 Å². The van der Waals surface area contributed by atoms with Gasteiger partial charge in [0.25, 0.3) is 11.7 Å². The van der Waals surface area contributed by atoms with Crippen LogP contribution in [0.25, 0.3) is 5.76 Å². The Morgan fingerprint density at radius 2 is 1.82 bits per heavy atom. The number of carbonyl (C=O) groups excluding carboxylic acids is 3. The SMILES string of the molecule is CCCOC(=O)c1ccc(CN2C(=O)C(=O)/C(=C(\O)c3ccc4c(c3)CCO4)C2c2cccc(C)c2)cc1. The Labute approximate surface area is 221 Å². The molecule has 1 fully saturated rings. The van der Waals surface area contributed by atoms with Crippen LogP contribution in [0.4, 0.5) is 0 Å². The second-order valence-corrected chi connectivity index (χ2v) is 9.59. The van der Waals surface area contributed by atoms with Gasteiger partial charge in [0.2, 0.25) is 0 Å². The van der Waals surface area contributed by atoms with Gasteiger partial charge in [-0.25, -0.2) is 4.79 Å². The number of ether oxygens (including phenoxy) is 2. The first-order valence-electron chi connectivity index (χ1n) is 12.7. The first kappa shape index (κ1) is 25.3. The van der Waals surface area contributed by atoms with Crippen molar-refractivity contribution in [3.63, 3.8) is 0 Å². The molecular weight excluding hydrogens is 482 g/mol. The Bertz CT molecular complexity index is 1440. The molecule has 0 spiro atoms. The number of hydrogen-bond acceptors (Lipinski definition) is 6. The molecule has 38 heavy (non-hydrogen) atoms. The van der Waals surface area contributed by atoms with E-state index in [0.717, 1.165) is 34.4 Å². The smallest absolute Gasteiger partial charge is 0.338 e. The van der Waals surface area contributed by atoms with Crippen molar-refractivity contribution in [1.29, 1.82) is 0 Å². The van der Waals surface area contributed by atoms with Crippen molar-refractivity contribution in [1.82, 2.24) is 4.90 Å². The normalized spacial score (nSPS) is 17.8. The summed E-state index contributed by atoms with van der Waals surface area (Å²) in [7, 11) is 0. The van der Waals surface area contributed by atoms with Crippen LogP contribution in [0.2, 0.25) is 0 Å². The van der Waals surface area contributed by atoms with Crippen LogP contribution < -0.4 is 4.74 Å². The van der Waals surface area contributed by atoms with Gasteiger partial charge in [-0.15, -0.1) is 0 Å². The molecule has 0 aliphatic carbocycles. The van der Waals surface area contributed by atoms with Gasteiger partial charge in [-0.2, -0.15) is 0 Å². The van der Waals surface area contributed by atoms with Gasteiger partial charge in [0.1, 0.15) is 11.5 Å². The van der Waals surface area contributed by atoms with Crippen molar-refractivity contribution >= 4 is 23.4 Å². The zero-order valence-electron chi connectivity index (χ0n) is 21.4. The van der Waals surface area contributed by atoms with Gasteiger partial charge in [-0.1, -0.05) is 48.9 Å². The summed E-state index contributed by atoms with van der Waals surface area (Å²) >= 11 is 0. The van der Waals surface area contributed by atoms with E-state index in [4.69, 9.17) is 9.47 Å². The molecule has 1 saturated heterocycles. The number of nitrogens with zero attached hydrogens (tertiary/aromatic N) is 1. The predicted molar refractivity (Wildman–Crippen MR) is 142 cm³/mol. The molecule has 2 aliphatic rings. The van der Waals surface area contributed by atoms with Crippen LogP contribution in [0.5, 0.6) is 5.75 Å². The summed E-state index contributed by atoms with van der Waals surface area (Å²) < 4.78 is 10.8. The van der Waals surface area contributed by atoms with E-state index in [9.17, 15) is 19.5 Å². The van der Waals surface area contributed by atoms with Gasteiger partial charge in [0.05, 0.1) is 30.4 Å². The third kappa shape index (κ3) is 4.79. The Balaban J connectivity index is 1.52. The van der Waals surface area contributed by atoms with E-state index in [1.807, 2.05) is 44.2 Å². The number of ketones is 1. The number of aliphatic hydroxyl groups excluding tert-OH is 1. The summed E-state index contributed by atoms with van der Waals surface area (Å²) in [6, 6.07) is 18.9. The van der Waals surface area contributed by atoms with Gasteiger partial charge < -0.3 is 19.5 Å². The number of likely N-dealkylation sites (tertiary alicyclic amines) is 1. The Morgan fingerprint density at radius 1 is 1.05 bits per heavy atom. The maximum Gasteiger partial charge on any atom is 0.338 e. The van der Waals surface area contributed by atoms with E-state index in [0.29, 0.717) is 30.8 Å². The third-order valence-corrected chi connectivity index (χ3v) is 6.84. The van der Waals surface area contributed by atoms with Crippen LogP contribution in [0.15, 0.2) is 72.3 Å². The highest BCUT2D eigenvalue weighted by Crippen LogP contribution is 2.41. The van der Waals surface area contributed by atoms with Crippen LogP contribution in [-0.4, -0.2) is 40.9 Å². The number of aryl methyl sites for hydroxylation is 1. The van der Waals surface area contributed by atoms with Gasteiger partial charge >= 0.3 is 5.97 Å². The zero-order chi connectivity index (χ0) is 26.8. The molecule has 0 bridgehead atoms. The van der Waals surface area contributed by atoms with E-state index >= 15 is 0 Å². The van der Waals surface area contributed by atoms with Crippen molar-refractivity contribution in [3.8, 4) is 5.75 Å². The van der Waals surface area contributed by atoms with E-state index in [2.05, 4.69) is 0 Å². The molecule has 1 amide bonds. The summed E-state index contributed by atoms with van der Waals surface area (Å²) in [4.78, 5) is 40.4. The number of aliphatic hydroxyl groups is 1. The monoisotopic (exact) mass is 511 g/mol. The minimum atomic E-state index is -0.770. The van der Waals surface area contributed by atoms with Gasteiger partial charge in [0.15, 0.2) is 0 Å². The fraction of sp³-hybridized carbons (Fsp3) is 0.258. The highest BCUT2D eigenvalue weighted by atomic mass is 16.5. The third-order valence-electron chi connectivity index (χ3n) is 6.84. The van der Waals surface area contributed by atoms with Crippen LogP contribution >= 0.6 is 0 Å². The Hall–Kier alpha value is -4.39. The number of carbonyl (C=O) groups is 3. The quantitative estimate of drug-likeness (QED) is 0.205. The number of fused-ring (bicyclic) bond motifs is 1. The van der Waals surface area contributed by atoms with Crippen LogP contribution in [0.1, 0.15) is 57.6 Å². The van der Waals surface area contributed by atoms with Crippen molar-refractivity contribution in [2.75, 3.05) is 13.2 Å². The van der Waals surface area contributed by atoms with Crippen molar-refractivity contribution in [3.05, 3.63) is 106 Å². The fourth-order valence-electron chi connectivity index (χ4n) is 4.94. The number of esters is 1. The molecule has 0 aromatic heterocycles. The Morgan fingerprint density at radius 3 is 2.55 bits per heavy atom. The maximum atomic E-state index is 13.4. The first-order chi connectivity index (χ1) is 18.4. The molecule has 1 atom stereocenters. The molecule has 3 aromatic rings. The molecule has 2 aliphatic heterocycles. The van der Waals surface area contributed by atoms with E-state index < -0.39 is 23.7 Å². The minimum Gasteiger partial charge on any atom is -0.507 e. The molecule has 0 radical (unpaired) electrons.